The number of nitrogens with one attached hydrogen (secondary N) is 1. The van der Waals surface area contributed by atoms with Gasteiger partial charge in [-0.2, -0.15) is 10.2 Å². The first-order chi connectivity index (χ1) is 16.2. The van der Waals surface area contributed by atoms with E-state index < -0.39 is 0 Å². The molecule has 0 saturated heterocycles. The first kappa shape index (κ1) is 23.6. The highest BCUT2D eigenvalue weighted by Crippen LogP contribution is 2.24. The number of carbonyl (C=O) groups is 1. The number of aryl methyl sites for hydroxylation is 1. The molecule has 34 heavy (non-hydrogen) atoms. The van der Waals surface area contributed by atoms with Crippen LogP contribution in [0.2, 0.25) is 5.02 Å². The van der Waals surface area contributed by atoms with E-state index >= 15 is 0 Å². The molecular weight excluding hydrogens is 450 g/mol. The van der Waals surface area contributed by atoms with E-state index in [-0.39, 0.29) is 23.7 Å². The van der Waals surface area contributed by atoms with Crippen molar-refractivity contribution in [3.63, 3.8) is 0 Å². The van der Waals surface area contributed by atoms with Crippen molar-refractivity contribution in [2.75, 3.05) is 5.32 Å². The molecule has 0 saturated carbocycles. The highest BCUT2D eigenvalue weighted by atomic mass is 35.5. The molecule has 0 aliphatic rings. The van der Waals surface area contributed by atoms with Gasteiger partial charge in [0.05, 0.1) is 6.54 Å². The minimum atomic E-state index is -0.329. The minimum absolute atomic E-state index is 0.0903. The Balaban J connectivity index is 1.34. The number of benzene rings is 2. The number of hydrogen-bond acceptors (Lipinski definition) is 4. The quantitative estimate of drug-likeness (QED) is 0.372. The zero-order valence-corrected chi connectivity index (χ0v) is 20.5. The number of amides is 1. The Bertz CT molecular complexity index is 1270. The van der Waals surface area contributed by atoms with Crippen molar-refractivity contribution < 1.29 is 9.53 Å². The van der Waals surface area contributed by atoms with Crippen LogP contribution in [-0.2, 0) is 18.7 Å². The van der Waals surface area contributed by atoms with Crippen molar-refractivity contribution in [3.8, 4) is 5.75 Å². The van der Waals surface area contributed by atoms with Crippen LogP contribution in [0.1, 0.15) is 48.1 Å². The van der Waals surface area contributed by atoms with Crippen molar-refractivity contribution in [1.82, 2.24) is 19.6 Å². The first-order valence-electron chi connectivity index (χ1n) is 11.0. The van der Waals surface area contributed by atoms with Gasteiger partial charge in [0.1, 0.15) is 5.75 Å². The van der Waals surface area contributed by atoms with Gasteiger partial charge in [-0.15, -0.1) is 0 Å². The average molecular weight is 478 g/mol. The topological polar surface area (TPSA) is 74.0 Å². The summed E-state index contributed by atoms with van der Waals surface area (Å²) in [7, 11) is 0. The minimum Gasteiger partial charge on any atom is -0.471 e. The Morgan fingerprint density at radius 1 is 1.03 bits per heavy atom. The second-order valence-electron chi connectivity index (χ2n) is 9.20. The monoisotopic (exact) mass is 477 g/mol. The van der Waals surface area contributed by atoms with Crippen molar-refractivity contribution in [2.24, 2.45) is 0 Å². The summed E-state index contributed by atoms with van der Waals surface area (Å²) in [5.74, 6) is 0.891. The van der Waals surface area contributed by atoms with Gasteiger partial charge in [0.25, 0.3) is 5.91 Å². The van der Waals surface area contributed by atoms with Gasteiger partial charge in [0, 0.05) is 23.0 Å². The van der Waals surface area contributed by atoms with Crippen LogP contribution in [-0.4, -0.2) is 25.5 Å². The lowest BCUT2D eigenvalue weighted by Crippen LogP contribution is -2.15. The summed E-state index contributed by atoms with van der Waals surface area (Å²) in [6.07, 6.45) is 1.71. The molecule has 2 aromatic carbocycles. The maximum atomic E-state index is 12.7. The third kappa shape index (κ3) is 5.85. The van der Waals surface area contributed by atoms with Gasteiger partial charge in [0.2, 0.25) is 0 Å². The van der Waals surface area contributed by atoms with Gasteiger partial charge in [-0.1, -0.05) is 56.6 Å². The van der Waals surface area contributed by atoms with Crippen LogP contribution < -0.4 is 10.1 Å². The van der Waals surface area contributed by atoms with Crippen LogP contribution in [0.15, 0.2) is 66.9 Å². The van der Waals surface area contributed by atoms with Gasteiger partial charge >= 0.3 is 0 Å². The summed E-state index contributed by atoms with van der Waals surface area (Å²) in [5, 5.41) is 12.3. The lowest BCUT2D eigenvalue weighted by atomic mass is 9.87. The molecule has 0 unspecified atom stereocenters. The third-order valence-corrected chi connectivity index (χ3v) is 5.68. The molecule has 4 rings (SSSR count). The van der Waals surface area contributed by atoms with Crippen molar-refractivity contribution >= 4 is 23.3 Å². The van der Waals surface area contributed by atoms with Gasteiger partial charge in [-0.25, -0.2) is 4.68 Å². The van der Waals surface area contributed by atoms with Gasteiger partial charge in [-0.3, -0.25) is 9.48 Å². The summed E-state index contributed by atoms with van der Waals surface area (Å²) in [4.78, 5) is 12.7. The van der Waals surface area contributed by atoms with Crippen LogP contribution in [0, 0.1) is 6.92 Å². The molecule has 0 fully saturated rings. The number of rotatable bonds is 7. The summed E-state index contributed by atoms with van der Waals surface area (Å²) in [5.41, 5.74) is 3.62. The summed E-state index contributed by atoms with van der Waals surface area (Å²) in [6, 6.07) is 19.1. The first-order valence-corrected chi connectivity index (χ1v) is 11.4. The SMILES string of the molecule is Cc1cc(NC(=O)c2ccn(COc3ccc(C(C)(C)C)cc3)n2)nn1Cc1ccc(Cl)cc1. The molecule has 0 radical (unpaired) electrons. The molecule has 4 aromatic rings. The summed E-state index contributed by atoms with van der Waals surface area (Å²) < 4.78 is 9.21. The molecule has 1 N–H and O–H groups in total. The van der Waals surface area contributed by atoms with Crippen molar-refractivity contribution in [3.05, 3.63) is 94.4 Å². The third-order valence-electron chi connectivity index (χ3n) is 5.43. The fraction of sp³-hybridized carbons (Fsp3) is 0.269. The average Bonchev–Trinajstić information content (AvgIpc) is 3.40. The van der Waals surface area contributed by atoms with E-state index in [0.717, 1.165) is 17.0 Å². The van der Waals surface area contributed by atoms with Gasteiger partial charge < -0.3 is 10.1 Å². The number of nitrogens with zero attached hydrogens (tertiary/aromatic N) is 4. The number of carbonyl (C=O) groups excluding carboxylic acids is 1. The smallest absolute Gasteiger partial charge is 0.277 e. The van der Waals surface area contributed by atoms with E-state index in [1.807, 2.05) is 54.1 Å². The van der Waals surface area contributed by atoms with E-state index in [0.29, 0.717) is 17.4 Å². The van der Waals surface area contributed by atoms with Crippen LogP contribution in [0.25, 0.3) is 0 Å². The van der Waals surface area contributed by atoms with Crippen LogP contribution >= 0.6 is 11.6 Å². The molecule has 0 aliphatic heterocycles. The summed E-state index contributed by atoms with van der Waals surface area (Å²) >= 11 is 5.95. The predicted molar refractivity (Wildman–Crippen MR) is 133 cm³/mol. The Morgan fingerprint density at radius 2 is 1.74 bits per heavy atom. The number of halogens is 1. The van der Waals surface area contributed by atoms with Crippen LogP contribution in [0.3, 0.4) is 0 Å². The fourth-order valence-corrected chi connectivity index (χ4v) is 3.55. The van der Waals surface area contributed by atoms with Gasteiger partial charge in [-0.05, 0) is 53.8 Å². The van der Waals surface area contributed by atoms with Crippen molar-refractivity contribution in [2.45, 2.75) is 46.4 Å². The lowest BCUT2D eigenvalue weighted by Gasteiger charge is -2.19. The Morgan fingerprint density at radius 3 is 2.41 bits per heavy atom. The van der Waals surface area contributed by atoms with E-state index in [1.165, 1.54) is 5.56 Å². The molecule has 2 heterocycles. The van der Waals surface area contributed by atoms with E-state index in [1.54, 1.807) is 16.9 Å². The molecule has 176 valence electrons. The Hall–Kier alpha value is -3.58. The standard InChI is InChI=1S/C26H28ClN5O2/c1-18-15-24(30-32(18)16-19-5-9-21(27)10-6-19)28-25(33)23-13-14-31(29-23)17-34-22-11-7-20(8-12-22)26(2,3)4/h5-15H,16-17H2,1-4H3,(H,28,30,33). The zero-order chi connectivity index (χ0) is 24.3. The molecule has 0 bridgehead atoms. The van der Waals surface area contributed by atoms with E-state index in [9.17, 15) is 4.79 Å². The van der Waals surface area contributed by atoms with E-state index in [2.05, 4.69) is 48.4 Å². The molecule has 2 aromatic heterocycles. The molecule has 7 nitrogen and oxygen atoms in total. The largest absolute Gasteiger partial charge is 0.471 e. The molecule has 8 heteroatoms. The van der Waals surface area contributed by atoms with Crippen LogP contribution in [0.4, 0.5) is 5.82 Å². The zero-order valence-electron chi connectivity index (χ0n) is 19.7. The van der Waals surface area contributed by atoms with Crippen LogP contribution in [0.5, 0.6) is 5.75 Å². The number of aromatic nitrogens is 4. The second-order valence-corrected chi connectivity index (χ2v) is 9.63. The number of hydrogen-bond donors (Lipinski definition) is 1. The van der Waals surface area contributed by atoms with E-state index in [4.69, 9.17) is 16.3 Å². The molecule has 0 aliphatic carbocycles. The molecular formula is C26H28ClN5O2. The maximum absolute atomic E-state index is 12.7. The maximum Gasteiger partial charge on any atom is 0.277 e. The highest BCUT2D eigenvalue weighted by Gasteiger charge is 2.14. The summed E-state index contributed by atoms with van der Waals surface area (Å²) in [6.45, 7) is 9.25. The normalized spacial score (nSPS) is 11.4. The molecule has 0 spiro atoms. The van der Waals surface area contributed by atoms with Gasteiger partial charge in [0.15, 0.2) is 18.2 Å². The Kier molecular flexibility index (Phi) is 6.75. The number of anilines is 1. The Labute approximate surface area is 204 Å². The molecule has 1 amide bonds. The molecule has 0 atom stereocenters. The number of ether oxygens (including phenoxy) is 1. The second kappa shape index (κ2) is 9.73. The predicted octanol–water partition coefficient (Wildman–Crippen LogP) is 5.68. The van der Waals surface area contributed by atoms with Crippen molar-refractivity contribution in [1.29, 1.82) is 0 Å². The fourth-order valence-electron chi connectivity index (χ4n) is 3.42. The highest BCUT2D eigenvalue weighted by molar-refractivity contribution is 6.30. The lowest BCUT2D eigenvalue weighted by molar-refractivity contribution is 0.101.